The lowest BCUT2D eigenvalue weighted by atomic mass is 10.1. The fraction of sp³-hybridized carbons (Fsp3) is 0.667. The van der Waals surface area contributed by atoms with Gasteiger partial charge < -0.3 is 9.94 Å². The van der Waals surface area contributed by atoms with Gasteiger partial charge in [0.05, 0.1) is 13.0 Å². The van der Waals surface area contributed by atoms with Gasteiger partial charge in [0.15, 0.2) is 0 Å². The Hall–Kier alpha value is -1.06. The highest BCUT2D eigenvalue weighted by molar-refractivity contribution is 5.99. The second-order valence-corrected chi connectivity index (χ2v) is 1.97. The zero-order chi connectivity index (χ0) is 8.15. The number of hydrogen-bond donors (Lipinski definition) is 1. The van der Waals surface area contributed by atoms with Crippen molar-refractivity contribution in [1.82, 2.24) is 0 Å². The van der Waals surface area contributed by atoms with E-state index < -0.39 is 5.92 Å². The van der Waals surface area contributed by atoms with E-state index in [0.29, 0.717) is 0 Å². The van der Waals surface area contributed by atoms with E-state index in [1.54, 1.807) is 6.92 Å². The average molecular weight is 145 g/mol. The van der Waals surface area contributed by atoms with Crippen molar-refractivity contribution in [3.8, 4) is 0 Å². The molecule has 58 valence electrons. The number of oxime groups is 1. The van der Waals surface area contributed by atoms with Gasteiger partial charge in [-0.1, -0.05) is 5.16 Å². The van der Waals surface area contributed by atoms with Crippen molar-refractivity contribution in [2.75, 3.05) is 7.11 Å². The van der Waals surface area contributed by atoms with Crippen molar-refractivity contribution in [3.63, 3.8) is 0 Å². The van der Waals surface area contributed by atoms with Gasteiger partial charge in [-0.2, -0.15) is 0 Å². The van der Waals surface area contributed by atoms with E-state index in [-0.39, 0.29) is 11.7 Å². The predicted octanol–water partition coefficient (Wildman–Crippen LogP) is 0.646. The van der Waals surface area contributed by atoms with E-state index in [0.717, 1.165) is 0 Å². The molecular weight excluding hydrogens is 134 g/mol. The Morgan fingerprint density at radius 1 is 1.70 bits per heavy atom. The molecule has 0 aliphatic rings. The van der Waals surface area contributed by atoms with Crippen LogP contribution in [0.25, 0.3) is 0 Å². The summed E-state index contributed by atoms with van der Waals surface area (Å²) in [5.41, 5.74) is 0. The van der Waals surface area contributed by atoms with Gasteiger partial charge >= 0.3 is 0 Å². The first kappa shape index (κ1) is 8.94. The molecule has 0 amide bonds. The summed E-state index contributed by atoms with van der Waals surface area (Å²) in [6.07, 6.45) is 0. The van der Waals surface area contributed by atoms with Crippen LogP contribution in [0.1, 0.15) is 13.8 Å². The molecule has 4 heteroatoms. The van der Waals surface area contributed by atoms with Crippen LogP contribution < -0.4 is 0 Å². The Morgan fingerprint density at radius 2 is 2.20 bits per heavy atom. The molecule has 4 nitrogen and oxygen atoms in total. The van der Waals surface area contributed by atoms with Crippen LogP contribution in [0.5, 0.6) is 0 Å². The SMILES string of the molecule is COC(=NO)C(C)C(C)=O. The maximum Gasteiger partial charge on any atom is 0.235 e. The molecule has 0 fully saturated rings. The smallest absolute Gasteiger partial charge is 0.235 e. The third-order valence-electron chi connectivity index (χ3n) is 1.29. The van der Waals surface area contributed by atoms with Crippen molar-refractivity contribution >= 4 is 11.7 Å². The Bertz CT molecular complexity index is 153. The summed E-state index contributed by atoms with van der Waals surface area (Å²) >= 11 is 0. The largest absolute Gasteiger partial charge is 0.481 e. The number of rotatable bonds is 2. The second-order valence-electron chi connectivity index (χ2n) is 1.97. The molecule has 0 rings (SSSR count). The van der Waals surface area contributed by atoms with E-state index in [9.17, 15) is 4.79 Å². The molecular formula is C6H11NO3. The van der Waals surface area contributed by atoms with Crippen molar-refractivity contribution in [3.05, 3.63) is 0 Å². The maximum absolute atomic E-state index is 10.6. The van der Waals surface area contributed by atoms with Crippen LogP contribution in [0.3, 0.4) is 0 Å². The molecule has 0 spiro atoms. The fourth-order valence-corrected chi connectivity index (χ4v) is 0.478. The Kier molecular flexibility index (Phi) is 3.46. The summed E-state index contributed by atoms with van der Waals surface area (Å²) in [5.74, 6) is -0.503. The van der Waals surface area contributed by atoms with Crippen molar-refractivity contribution in [2.24, 2.45) is 11.1 Å². The molecule has 0 radical (unpaired) electrons. The number of hydrogen-bond acceptors (Lipinski definition) is 4. The third-order valence-corrected chi connectivity index (χ3v) is 1.29. The van der Waals surface area contributed by atoms with Gasteiger partial charge in [-0.05, 0) is 13.8 Å². The standard InChI is InChI=1S/C6H11NO3/c1-4(5(2)8)6(7-9)10-3/h4,9H,1-3H3. The second kappa shape index (κ2) is 3.87. The van der Waals surface area contributed by atoms with Crippen LogP contribution >= 0.6 is 0 Å². The van der Waals surface area contributed by atoms with E-state index in [1.807, 2.05) is 0 Å². The highest BCUT2D eigenvalue weighted by Crippen LogP contribution is 2.00. The monoisotopic (exact) mass is 145 g/mol. The molecule has 0 bridgehead atoms. The number of nitrogens with zero attached hydrogens (tertiary/aromatic N) is 1. The number of carbonyl (C=O) groups is 1. The lowest BCUT2D eigenvalue weighted by molar-refractivity contribution is -0.118. The summed E-state index contributed by atoms with van der Waals surface area (Å²) in [6.45, 7) is 3.02. The Labute approximate surface area is 59.5 Å². The predicted molar refractivity (Wildman–Crippen MR) is 36.1 cm³/mol. The van der Waals surface area contributed by atoms with Crippen LogP contribution in [0.4, 0.5) is 0 Å². The number of Topliss-reactive ketones (excluding diaryl/α,β-unsaturated/α-hetero) is 1. The molecule has 0 aliphatic carbocycles. The fourth-order valence-electron chi connectivity index (χ4n) is 0.478. The van der Waals surface area contributed by atoms with Gasteiger partial charge in [0, 0.05) is 0 Å². The maximum atomic E-state index is 10.6. The van der Waals surface area contributed by atoms with E-state index in [1.165, 1.54) is 14.0 Å². The van der Waals surface area contributed by atoms with Gasteiger partial charge in [-0.3, -0.25) is 4.79 Å². The van der Waals surface area contributed by atoms with Gasteiger partial charge in [-0.15, -0.1) is 0 Å². The summed E-state index contributed by atoms with van der Waals surface area (Å²) in [5, 5.41) is 11.1. The molecule has 0 aliphatic heterocycles. The molecule has 0 saturated heterocycles. The molecule has 1 unspecified atom stereocenters. The Morgan fingerprint density at radius 3 is 2.30 bits per heavy atom. The van der Waals surface area contributed by atoms with E-state index in [2.05, 4.69) is 9.89 Å². The van der Waals surface area contributed by atoms with E-state index >= 15 is 0 Å². The molecule has 0 aromatic rings. The quantitative estimate of drug-likeness (QED) is 0.268. The van der Waals surface area contributed by atoms with Crippen molar-refractivity contribution in [1.29, 1.82) is 0 Å². The molecule has 0 heterocycles. The van der Waals surface area contributed by atoms with E-state index in [4.69, 9.17) is 5.21 Å². The lowest BCUT2D eigenvalue weighted by Crippen LogP contribution is -2.20. The summed E-state index contributed by atoms with van der Waals surface area (Å²) < 4.78 is 4.60. The lowest BCUT2D eigenvalue weighted by Gasteiger charge is -2.06. The van der Waals surface area contributed by atoms with Crippen LogP contribution in [-0.2, 0) is 9.53 Å². The van der Waals surface area contributed by atoms with Crippen molar-refractivity contribution < 1.29 is 14.7 Å². The average Bonchev–Trinajstić information content (AvgIpc) is 1.90. The first-order chi connectivity index (χ1) is 4.63. The number of methoxy groups -OCH3 is 1. The topological polar surface area (TPSA) is 58.9 Å². The minimum absolute atomic E-state index is 0.0486. The van der Waals surface area contributed by atoms with Gasteiger partial charge in [0.2, 0.25) is 5.90 Å². The summed E-state index contributed by atoms with van der Waals surface area (Å²) in [6, 6.07) is 0. The molecule has 0 aromatic heterocycles. The van der Waals surface area contributed by atoms with Crippen LogP contribution in [-0.4, -0.2) is 24.0 Å². The zero-order valence-corrected chi connectivity index (χ0v) is 6.29. The first-order valence-corrected chi connectivity index (χ1v) is 2.89. The molecule has 1 atom stereocenters. The van der Waals surface area contributed by atoms with Crippen LogP contribution in [0.15, 0.2) is 5.16 Å². The number of ketones is 1. The minimum Gasteiger partial charge on any atom is -0.481 e. The number of ether oxygens (including phenoxy) is 1. The third kappa shape index (κ3) is 2.05. The normalized spacial score (nSPS) is 14.5. The van der Waals surface area contributed by atoms with Crippen LogP contribution in [0.2, 0.25) is 0 Å². The van der Waals surface area contributed by atoms with Gasteiger partial charge in [0.1, 0.15) is 5.78 Å². The zero-order valence-electron chi connectivity index (χ0n) is 6.29. The summed E-state index contributed by atoms with van der Waals surface area (Å²) in [7, 11) is 1.36. The molecule has 10 heavy (non-hydrogen) atoms. The first-order valence-electron chi connectivity index (χ1n) is 2.89. The molecule has 0 saturated carbocycles. The Balaban J connectivity index is 4.17. The highest BCUT2D eigenvalue weighted by Gasteiger charge is 2.15. The molecule has 1 N–H and O–H groups in total. The van der Waals surface area contributed by atoms with Crippen molar-refractivity contribution in [2.45, 2.75) is 13.8 Å². The van der Waals surface area contributed by atoms with Gasteiger partial charge in [-0.25, -0.2) is 0 Å². The summed E-state index contributed by atoms with van der Waals surface area (Å²) in [4.78, 5) is 10.6. The van der Waals surface area contributed by atoms with Gasteiger partial charge in [0.25, 0.3) is 0 Å². The minimum atomic E-state index is -0.463. The molecule has 0 aromatic carbocycles. The number of carbonyl (C=O) groups excluding carboxylic acids is 1. The van der Waals surface area contributed by atoms with Crippen LogP contribution in [0, 0.1) is 5.92 Å². The highest BCUT2D eigenvalue weighted by atomic mass is 16.5.